The lowest BCUT2D eigenvalue weighted by molar-refractivity contribution is -0.122. The number of amides is 1. The van der Waals surface area contributed by atoms with E-state index in [0.29, 0.717) is 12.5 Å². The van der Waals surface area contributed by atoms with Crippen LogP contribution in [0, 0.1) is 17.8 Å². The third kappa shape index (κ3) is 3.59. The van der Waals surface area contributed by atoms with E-state index in [2.05, 4.69) is 17.6 Å². The van der Waals surface area contributed by atoms with Crippen molar-refractivity contribution in [2.24, 2.45) is 17.8 Å². The standard InChI is InChI=1S/C13H24N2O.ClH/c1-9(15-13(16)5-6-14-2)12-8-10-3-4-11(12)7-10;/h9-12,14H,3-8H2,1-2H3,(H,15,16);1H. The minimum Gasteiger partial charge on any atom is -0.353 e. The topological polar surface area (TPSA) is 41.1 Å². The van der Waals surface area contributed by atoms with Gasteiger partial charge in [-0.1, -0.05) is 6.42 Å². The molecular weight excluding hydrogens is 236 g/mol. The van der Waals surface area contributed by atoms with E-state index in [4.69, 9.17) is 0 Å². The van der Waals surface area contributed by atoms with E-state index in [-0.39, 0.29) is 18.3 Å². The maximum atomic E-state index is 11.6. The summed E-state index contributed by atoms with van der Waals surface area (Å²) >= 11 is 0. The van der Waals surface area contributed by atoms with Crippen molar-refractivity contribution < 1.29 is 4.79 Å². The van der Waals surface area contributed by atoms with Crippen molar-refractivity contribution in [1.29, 1.82) is 0 Å². The van der Waals surface area contributed by atoms with Gasteiger partial charge in [-0.15, -0.1) is 12.4 Å². The van der Waals surface area contributed by atoms with Gasteiger partial charge in [0.05, 0.1) is 0 Å². The number of nitrogens with one attached hydrogen (secondary N) is 2. The minimum absolute atomic E-state index is 0. The number of carbonyl (C=O) groups is 1. The molecule has 0 aromatic rings. The zero-order valence-corrected chi connectivity index (χ0v) is 11.7. The van der Waals surface area contributed by atoms with Crippen molar-refractivity contribution in [1.82, 2.24) is 10.6 Å². The van der Waals surface area contributed by atoms with E-state index in [9.17, 15) is 4.79 Å². The fraction of sp³-hybridized carbons (Fsp3) is 0.923. The Labute approximate surface area is 111 Å². The Morgan fingerprint density at radius 2 is 2.12 bits per heavy atom. The first-order chi connectivity index (χ1) is 7.70. The third-order valence-electron chi connectivity index (χ3n) is 4.43. The minimum atomic E-state index is 0. The van der Waals surface area contributed by atoms with Crippen LogP contribution in [0.15, 0.2) is 0 Å². The molecule has 0 aromatic heterocycles. The summed E-state index contributed by atoms with van der Waals surface area (Å²) in [7, 11) is 1.88. The van der Waals surface area contributed by atoms with Crippen LogP contribution in [0.5, 0.6) is 0 Å². The highest BCUT2D eigenvalue weighted by atomic mass is 35.5. The van der Waals surface area contributed by atoms with Crippen LogP contribution in [-0.2, 0) is 4.79 Å². The Bertz CT molecular complexity index is 260. The molecule has 2 fully saturated rings. The van der Waals surface area contributed by atoms with Gasteiger partial charge in [0.1, 0.15) is 0 Å². The number of halogens is 1. The highest BCUT2D eigenvalue weighted by Crippen LogP contribution is 2.49. The number of hydrogen-bond donors (Lipinski definition) is 2. The molecule has 2 aliphatic carbocycles. The van der Waals surface area contributed by atoms with Crippen LogP contribution in [0.4, 0.5) is 0 Å². The quantitative estimate of drug-likeness (QED) is 0.794. The smallest absolute Gasteiger partial charge is 0.221 e. The van der Waals surface area contributed by atoms with Crippen LogP contribution >= 0.6 is 12.4 Å². The van der Waals surface area contributed by atoms with Crippen LogP contribution in [0.25, 0.3) is 0 Å². The number of rotatable bonds is 5. The van der Waals surface area contributed by atoms with Crippen LogP contribution in [0.3, 0.4) is 0 Å². The van der Waals surface area contributed by atoms with Gasteiger partial charge in [-0.3, -0.25) is 4.79 Å². The second-order valence-corrected chi connectivity index (χ2v) is 5.55. The summed E-state index contributed by atoms with van der Waals surface area (Å²) in [5.41, 5.74) is 0. The fourth-order valence-electron chi connectivity index (χ4n) is 3.58. The Kier molecular flexibility index (Phi) is 5.74. The molecule has 100 valence electrons. The van der Waals surface area contributed by atoms with Crippen LogP contribution in [0.2, 0.25) is 0 Å². The largest absolute Gasteiger partial charge is 0.353 e. The predicted octanol–water partition coefficient (Wildman–Crippen LogP) is 1.96. The number of hydrogen-bond acceptors (Lipinski definition) is 2. The summed E-state index contributed by atoms with van der Waals surface area (Å²) in [6.45, 7) is 2.96. The van der Waals surface area contributed by atoms with Gasteiger partial charge in [0, 0.05) is 19.0 Å². The van der Waals surface area contributed by atoms with E-state index >= 15 is 0 Å². The molecule has 2 bridgehead atoms. The first-order valence-corrected chi connectivity index (χ1v) is 6.64. The molecule has 2 rings (SSSR count). The molecule has 0 saturated heterocycles. The third-order valence-corrected chi connectivity index (χ3v) is 4.43. The molecule has 2 saturated carbocycles. The lowest BCUT2D eigenvalue weighted by Crippen LogP contribution is -2.40. The van der Waals surface area contributed by atoms with Crippen LogP contribution < -0.4 is 10.6 Å². The van der Waals surface area contributed by atoms with Crippen LogP contribution in [-0.4, -0.2) is 25.5 Å². The highest BCUT2D eigenvalue weighted by Gasteiger charge is 2.41. The first-order valence-electron chi connectivity index (χ1n) is 6.64. The Hall–Kier alpha value is -0.280. The normalized spacial score (nSPS) is 32.0. The van der Waals surface area contributed by atoms with Gasteiger partial charge < -0.3 is 10.6 Å². The van der Waals surface area contributed by atoms with Crippen molar-refractivity contribution in [3.8, 4) is 0 Å². The second kappa shape index (κ2) is 6.60. The molecule has 4 heteroatoms. The van der Waals surface area contributed by atoms with Gasteiger partial charge >= 0.3 is 0 Å². The summed E-state index contributed by atoms with van der Waals surface area (Å²) in [5, 5.41) is 6.17. The molecule has 3 nitrogen and oxygen atoms in total. The Balaban J connectivity index is 0.00000144. The van der Waals surface area contributed by atoms with Crippen molar-refractivity contribution >= 4 is 18.3 Å². The zero-order valence-electron chi connectivity index (χ0n) is 10.9. The van der Waals surface area contributed by atoms with E-state index in [1.807, 2.05) is 7.05 Å². The Morgan fingerprint density at radius 1 is 1.35 bits per heavy atom. The maximum absolute atomic E-state index is 11.6. The summed E-state index contributed by atoms with van der Waals surface area (Å²) < 4.78 is 0. The second-order valence-electron chi connectivity index (χ2n) is 5.55. The molecule has 2 N–H and O–H groups in total. The van der Waals surface area contributed by atoms with E-state index < -0.39 is 0 Å². The average molecular weight is 261 g/mol. The van der Waals surface area contributed by atoms with Gasteiger partial charge in [0.25, 0.3) is 0 Å². The maximum Gasteiger partial charge on any atom is 0.221 e. The molecule has 4 atom stereocenters. The first kappa shape index (κ1) is 14.8. The lowest BCUT2D eigenvalue weighted by atomic mass is 9.84. The van der Waals surface area contributed by atoms with Crippen molar-refractivity contribution in [2.45, 2.75) is 45.1 Å². The van der Waals surface area contributed by atoms with E-state index in [0.717, 1.165) is 24.3 Å². The van der Waals surface area contributed by atoms with E-state index in [1.165, 1.54) is 25.7 Å². The predicted molar refractivity (Wildman–Crippen MR) is 72.3 cm³/mol. The number of fused-ring (bicyclic) bond motifs is 2. The van der Waals surface area contributed by atoms with Gasteiger partial charge in [-0.25, -0.2) is 0 Å². The number of carbonyl (C=O) groups excluding carboxylic acids is 1. The lowest BCUT2D eigenvalue weighted by Gasteiger charge is -2.28. The molecule has 0 radical (unpaired) electrons. The fourth-order valence-corrected chi connectivity index (χ4v) is 3.58. The Morgan fingerprint density at radius 3 is 2.65 bits per heavy atom. The van der Waals surface area contributed by atoms with Crippen molar-refractivity contribution in [2.75, 3.05) is 13.6 Å². The molecule has 1 amide bonds. The molecule has 0 aliphatic heterocycles. The molecule has 0 spiro atoms. The summed E-state index contributed by atoms with van der Waals surface area (Å²) in [5.74, 6) is 2.80. The van der Waals surface area contributed by atoms with E-state index in [1.54, 1.807) is 0 Å². The average Bonchev–Trinajstić information content (AvgIpc) is 2.87. The van der Waals surface area contributed by atoms with Gasteiger partial charge in [-0.2, -0.15) is 0 Å². The monoisotopic (exact) mass is 260 g/mol. The summed E-state index contributed by atoms with van der Waals surface area (Å²) in [6, 6.07) is 0.375. The zero-order chi connectivity index (χ0) is 11.5. The van der Waals surface area contributed by atoms with Crippen molar-refractivity contribution in [3.05, 3.63) is 0 Å². The van der Waals surface area contributed by atoms with Gasteiger partial charge in [-0.05, 0) is 51.0 Å². The molecule has 0 aromatic carbocycles. The SMILES string of the molecule is CNCCC(=O)NC(C)C1CC2CCC1C2.Cl. The molecule has 0 heterocycles. The van der Waals surface area contributed by atoms with Crippen molar-refractivity contribution in [3.63, 3.8) is 0 Å². The van der Waals surface area contributed by atoms with Crippen LogP contribution in [0.1, 0.15) is 39.0 Å². The molecular formula is C13H25ClN2O. The molecule has 4 unspecified atom stereocenters. The highest BCUT2D eigenvalue weighted by molar-refractivity contribution is 5.85. The van der Waals surface area contributed by atoms with Gasteiger partial charge in [0.15, 0.2) is 0 Å². The summed E-state index contributed by atoms with van der Waals surface area (Å²) in [4.78, 5) is 11.6. The molecule has 17 heavy (non-hydrogen) atoms. The summed E-state index contributed by atoms with van der Waals surface area (Å²) in [6.07, 6.45) is 6.19. The van der Waals surface area contributed by atoms with Gasteiger partial charge in [0.2, 0.25) is 5.91 Å². The molecule has 2 aliphatic rings.